The number of nitrogens with one attached hydrogen (secondary N) is 2. The zero-order valence-electron chi connectivity index (χ0n) is 18.1. The molecule has 2 aromatic rings. The number of amides is 1. The molecule has 158 valence electrons. The minimum absolute atomic E-state index is 0.0119. The summed E-state index contributed by atoms with van der Waals surface area (Å²) in [4.78, 5) is 20.4. The Morgan fingerprint density at radius 3 is 2.31 bits per heavy atom. The number of likely N-dealkylation sites (N-methyl/N-ethyl adjacent to an activating group) is 1. The van der Waals surface area contributed by atoms with Gasteiger partial charge in [-0.2, -0.15) is 11.3 Å². The van der Waals surface area contributed by atoms with Gasteiger partial charge in [0, 0.05) is 39.8 Å². The molecule has 7 heteroatoms. The average molecular weight is 416 g/mol. The van der Waals surface area contributed by atoms with Crippen LogP contribution in [0.25, 0.3) is 0 Å². The number of hydrogen-bond acceptors (Lipinski definition) is 4. The first kappa shape index (κ1) is 22.9. The van der Waals surface area contributed by atoms with Crippen LogP contribution in [0.15, 0.2) is 46.1 Å². The lowest BCUT2D eigenvalue weighted by Crippen LogP contribution is -2.42. The zero-order valence-corrected chi connectivity index (χ0v) is 18.9. The summed E-state index contributed by atoms with van der Waals surface area (Å²) in [5.74, 6) is 0.781. The van der Waals surface area contributed by atoms with Crippen LogP contribution in [-0.2, 0) is 6.54 Å². The predicted molar refractivity (Wildman–Crippen MR) is 123 cm³/mol. The molecular weight excluding hydrogens is 382 g/mol. The van der Waals surface area contributed by atoms with Gasteiger partial charge >= 0.3 is 0 Å². The zero-order chi connectivity index (χ0) is 21.2. The van der Waals surface area contributed by atoms with E-state index in [1.165, 1.54) is 5.56 Å². The van der Waals surface area contributed by atoms with Gasteiger partial charge in [-0.05, 0) is 53.2 Å². The van der Waals surface area contributed by atoms with Gasteiger partial charge in [0.1, 0.15) is 0 Å². The molecule has 2 N–H and O–H groups in total. The molecular formula is C22H33N5OS. The van der Waals surface area contributed by atoms with Crippen LogP contribution in [0, 0.1) is 0 Å². The Kier molecular flexibility index (Phi) is 9.15. The van der Waals surface area contributed by atoms with Gasteiger partial charge in [0.2, 0.25) is 0 Å². The minimum atomic E-state index is 0.0119. The highest BCUT2D eigenvalue weighted by molar-refractivity contribution is 7.07. The van der Waals surface area contributed by atoms with E-state index in [9.17, 15) is 4.79 Å². The summed E-state index contributed by atoms with van der Waals surface area (Å²) in [5, 5.41) is 11.2. The van der Waals surface area contributed by atoms with E-state index in [2.05, 4.69) is 51.2 Å². The number of guanidine groups is 1. The van der Waals surface area contributed by atoms with Gasteiger partial charge < -0.3 is 15.5 Å². The molecule has 1 atom stereocenters. The van der Waals surface area contributed by atoms with E-state index in [1.807, 2.05) is 24.3 Å². The second-order valence-electron chi connectivity index (χ2n) is 7.00. The second kappa shape index (κ2) is 11.6. The van der Waals surface area contributed by atoms with Crippen molar-refractivity contribution in [1.29, 1.82) is 0 Å². The maximum absolute atomic E-state index is 12.0. The molecule has 0 radical (unpaired) electrons. The van der Waals surface area contributed by atoms with E-state index in [0.29, 0.717) is 18.2 Å². The lowest BCUT2D eigenvalue weighted by molar-refractivity contribution is 0.0827. The van der Waals surface area contributed by atoms with E-state index in [1.54, 1.807) is 37.4 Å². The van der Waals surface area contributed by atoms with E-state index in [4.69, 9.17) is 0 Å². The second-order valence-corrected chi connectivity index (χ2v) is 7.78. The lowest BCUT2D eigenvalue weighted by atomic mass is 10.1. The highest BCUT2D eigenvalue weighted by atomic mass is 32.1. The Morgan fingerprint density at radius 1 is 1.10 bits per heavy atom. The van der Waals surface area contributed by atoms with Crippen LogP contribution < -0.4 is 10.6 Å². The minimum Gasteiger partial charge on any atom is -0.354 e. The SMILES string of the molecule is CCN(CC)C(CNC(=NC)NCc1ccc(C(=O)N(C)C)cc1)c1ccsc1. The lowest BCUT2D eigenvalue weighted by Gasteiger charge is -2.30. The molecule has 1 heterocycles. The van der Waals surface area contributed by atoms with Gasteiger partial charge in [-0.25, -0.2) is 0 Å². The maximum Gasteiger partial charge on any atom is 0.253 e. The van der Waals surface area contributed by atoms with Gasteiger partial charge in [0.25, 0.3) is 5.91 Å². The molecule has 1 amide bonds. The third-order valence-electron chi connectivity index (χ3n) is 4.93. The fourth-order valence-corrected chi connectivity index (χ4v) is 3.92. The summed E-state index contributed by atoms with van der Waals surface area (Å²) < 4.78 is 0. The Bertz CT molecular complexity index is 767. The summed E-state index contributed by atoms with van der Waals surface area (Å²) in [6.07, 6.45) is 0. The van der Waals surface area contributed by atoms with Crippen molar-refractivity contribution in [2.75, 3.05) is 40.8 Å². The van der Waals surface area contributed by atoms with Crippen molar-refractivity contribution in [2.24, 2.45) is 4.99 Å². The number of nitrogens with zero attached hydrogens (tertiary/aromatic N) is 3. The van der Waals surface area contributed by atoms with Gasteiger partial charge in [0.15, 0.2) is 5.96 Å². The molecule has 0 spiro atoms. The first-order valence-corrected chi connectivity index (χ1v) is 11.0. The predicted octanol–water partition coefficient (Wildman–Crippen LogP) is 3.20. The number of thiophene rings is 1. The molecule has 29 heavy (non-hydrogen) atoms. The van der Waals surface area contributed by atoms with Crippen LogP contribution >= 0.6 is 11.3 Å². The number of carbonyl (C=O) groups is 1. The summed E-state index contributed by atoms with van der Waals surface area (Å²) in [6, 6.07) is 10.2. The molecule has 0 bridgehead atoms. The third-order valence-corrected chi connectivity index (χ3v) is 5.64. The molecule has 6 nitrogen and oxygen atoms in total. The van der Waals surface area contributed by atoms with E-state index >= 15 is 0 Å². The maximum atomic E-state index is 12.0. The quantitative estimate of drug-likeness (QED) is 0.488. The number of carbonyl (C=O) groups excluding carboxylic acids is 1. The largest absolute Gasteiger partial charge is 0.354 e. The normalized spacial score (nSPS) is 12.7. The first-order chi connectivity index (χ1) is 14.0. The topological polar surface area (TPSA) is 60.0 Å². The Morgan fingerprint density at radius 2 is 1.79 bits per heavy atom. The van der Waals surface area contributed by atoms with Crippen molar-refractivity contribution in [3.63, 3.8) is 0 Å². The molecule has 2 rings (SSSR count). The van der Waals surface area contributed by atoms with E-state index in [-0.39, 0.29) is 5.91 Å². The Balaban J connectivity index is 1.93. The van der Waals surface area contributed by atoms with Crippen molar-refractivity contribution in [3.8, 4) is 0 Å². The van der Waals surface area contributed by atoms with Crippen LogP contribution in [0.4, 0.5) is 0 Å². The number of hydrogen-bond donors (Lipinski definition) is 2. The van der Waals surface area contributed by atoms with Crippen LogP contribution in [0.2, 0.25) is 0 Å². The highest BCUT2D eigenvalue weighted by Crippen LogP contribution is 2.22. The standard InChI is InChI=1S/C22H33N5OS/c1-6-27(7-2)20(19-12-13-29-16-19)15-25-22(23-3)24-14-17-8-10-18(11-9-17)21(28)26(4)5/h8-13,16,20H,6-7,14-15H2,1-5H3,(H2,23,24,25). The smallest absolute Gasteiger partial charge is 0.253 e. The molecule has 1 aromatic heterocycles. The van der Waals surface area contributed by atoms with E-state index < -0.39 is 0 Å². The van der Waals surface area contributed by atoms with Crippen molar-refractivity contribution >= 4 is 23.2 Å². The number of benzene rings is 1. The van der Waals surface area contributed by atoms with E-state index in [0.717, 1.165) is 31.2 Å². The molecule has 0 fully saturated rings. The van der Waals surface area contributed by atoms with Crippen LogP contribution in [0.1, 0.15) is 41.4 Å². The third kappa shape index (κ3) is 6.58. The van der Waals surface area contributed by atoms with Crippen LogP contribution in [-0.4, -0.2) is 62.4 Å². The van der Waals surface area contributed by atoms with Gasteiger partial charge in [0.05, 0.1) is 6.04 Å². The van der Waals surface area contributed by atoms with Crippen molar-refractivity contribution in [3.05, 3.63) is 57.8 Å². The summed E-state index contributed by atoms with van der Waals surface area (Å²) in [6.45, 7) is 7.83. The van der Waals surface area contributed by atoms with Crippen LogP contribution in [0.5, 0.6) is 0 Å². The van der Waals surface area contributed by atoms with Gasteiger partial charge in [-0.3, -0.25) is 14.7 Å². The molecule has 0 aliphatic carbocycles. The van der Waals surface area contributed by atoms with Crippen LogP contribution in [0.3, 0.4) is 0 Å². The monoisotopic (exact) mass is 415 g/mol. The molecule has 0 saturated heterocycles. The van der Waals surface area contributed by atoms with Crippen molar-refractivity contribution < 1.29 is 4.79 Å². The molecule has 1 unspecified atom stereocenters. The summed E-state index contributed by atoms with van der Waals surface area (Å²) >= 11 is 1.73. The van der Waals surface area contributed by atoms with Crippen molar-refractivity contribution in [1.82, 2.24) is 20.4 Å². The summed E-state index contributed by atoms with van der Waals surface area (Å²) in [5.41, 5.74) is 3.13. The average Bonchev–Trinajstić information content (AvgIpc) is 3.27. The molecule has 0 aliphatic rings. The highest BCUT2D eigenvalue weighted by Gasteiger charge is 2.18. The molecule has 0 saturated carbocycles. The molecule has 0 aliphatic heterocycles. The van der Waals surface area contributed by atoms with Gasteiger partial charge in [-0.15, -0.1) is 0 Å². The molecule has 1 aromatic carbocycles. The Labute approximate surface area is 178 Å². The number of aliphatic imine (C=N–C) groups is 1. The fourth-order valence-electron chi connectivity index (χ4n) is 3.21. The van der Waals surface area contributed by atoms with Crippen molar-refractivity contribution in [2.45, 2.75) is 26.4 Å². The first-order valence-electron chi connectivity index (χ1n) is 10.0. The Hall–Kier alpha value is -2.38. The summed E-state index contributed by atoms with van der Waals surface area (Å²) in [7, 11) is 5.30. The fraction of sp³-hybridized carbons (Fsp3) is 0.455. The number of rotatable bonds is 9. The van der Waals surface area contributed by atoms with Gasteiger partial charge in [-0.1, -0.05) is 26.0 Å².